The van der Waals surface area contributed by atoms with Crippen LogP contribution < -0.4 is 15.8 Å². The normalized spacial score (nSPS) is 14.9. The Bertz CT molecular complexity index is 1780. The summed E-state index contributed by atoms with van der Waals surface area (Å²) in [5, 5.41) is 10.8. The molecule has 0 unspecified atom stereocenters. The highest BCUT2D eigenvalue weighted by Gasteiger charge is 2.23. The Morgan fingerprint density at radius 1 is 1.16 bits per heavy atom. The Hall–Kier alpha value is -4.71. The van der Waals surface area contributed by atoms with Gasteiger partial charge < -0.3 is 14.8 Å². The molecular weight excluding hydrogens is 556 g/mol. The molecule has 4 heterocycles. The van der Waals surface area contributed by atoms with Crippen molar-refractivity contribution in [1.29, 1.82) is 0 Å². The lowest BCUT2D eigenvalue weighted by molar-refractivity contribution is -0.119. The maximum Gasteiger partial charge on any atom is 0.278 e. The number of hydrazone groups is 1. The van der Waals surface area contributed by atoms with E-state index in [-0.39, 0.29) is 18.1 Å². The number of amides is 1. The molecule has 5 rings (SSSR count). The molecule has 12 heteroatoms. The molecule has 1 amide bonds. The molecule has 12 nitrogen and oxygen atoms in total. The van der Waals surface area contributed by atoms with Gasteiger partial charge >= 0.3 is 0 Å². The molecule has 1 saturated heterocycles. The van der Waals surface area contributed by atoms with E-state index in [0.29, 0.717) is 35.3 Å². The van der Waals surface area contributed by atoms with E-state index in [2.05, 4.69) is 74.6 Å². The van der Waals surface area contributed by atoms with Crippen LogP contribution in [0.5, 0.6) is 0 Å². The van der Waals surface area contributed by atoms with Crippen molar-refractivity contribution in [2.24, 2.45) is 12.1 Å². The SMILES string of the molecule is C=CCn1c(=O)c2cnc(Nc3cc(N4CCN(C(C)C)CC4)c4ccn(C)c4c3)nc2n1C(/C=C\C)=N/N(C=O)C(C)C. The molecule has 1 fully saturated rings. The van der Waals surface area contributed by atoms with E-state index in [1.807, 2.05) is 27.8 Å². The maximum absolute atomic E-state index is 13.5. The Kier molecular flexibility index (Phi) is 9.00. The highest BCUT2D eigenvalue weighted by atomic mass is 16.1. The first kappa shape index (κ1) is 30.7. The second kappa shape index (κ2) is 12.9. The van der Waals surface area contributed by atoms with Crippen molar-refractivity contribution in [2.45, 2.75) is 53.2 Å². The zero-order valence-electron chi connectivity index (χ0n) is 26.4. The molecule has 0 radical (unpaired) electrons. The number of carbonyl (C=O) groups is 1. The van der Waals surface area contributed by atoms with Gasteiger partial charge in [-0.25, -0.2) is 19.4 Å². The first-order valence-electron chi connectivity index (χ1n) is 15.1. The fourth-order valence-corrected chi connectivity index (χ4v) is 5.58. The summed E-state index contributed by atoms with van der Waals surface area (Å²) in [5.41, 5.74) is 3.18. The lowest BCUT2D eigenvalue weighted by Gasteiger charge is -2.38. The van der Waals surface area contributed by atoms with Gasteiger partial charge in [-0.2, -0.15) is 10.1 Å². The van der Waals surface area contributed by atoms with E-state index in [1.54, 1.807) is 22.9 Å². The van der Waals surface area contributed by atoms with Crippen LogP contribution in [0.15, 0.2) is 65.3 Å². The van der Waals surface area contributed by atoms with E-state index >= 15 is 0 Å². The van der Waals surface area contributed by atoms with Crippen molar-refractivity contribution in [1.82, 2.24) is 33.8 Å². The van der Waals surface area contributed by atoms with Gasteiger partial charge in [0.05, 0.1) is 12.1 Å². The standard InChI is InChI=1S/C32H42N10O2/c1-8-10-29(36-40(21-43)23(5)6)42-30-26(31(44)41(42)12-9-2)20-33-32(35-30)34-24-18-27-25(11-13-37(27)7)28(19-24)39-16-14-38(15-17-39)22(3)4/h8-11,13,18-23H,2,12,14-17H2,1,3-7H3,(H,33,34,35)/b10-8-,36-29+. The number of aryl methyl sites for hydroxylation is 1. The molecule has 1 aromatic carbocycles. The minimum absolute atomic E-state index is 0.184. The van der Waals surface area contributed by atoms with E-state index in [1.165, 1.54) is 21.3 Å². The van der Waals surface area contributed by atoms with Crippen LogP contribution in [-0.4, -0.2) is 84.3 Å². The van der Waals surface area contributed by atoms with Crippen molar-refractivity contribution in [3.05, 3.63) is 65.8 Å². The van der Waals surface area contributed by atoms with Crippen LogP contribution in [0.2, 0.25) is 0 Å². The summed E-state index contributed by atoms with van der Waals surface area (Å²) < 4.78 is 5.22. The number of nitrogens with zero attached hydrogens (tertiary/aromatic N) is 9. The summed E-state index contributed by atoms with van der Waals surface area (Å²) in [6.07, 6.45) is 9.44. The number of fused-ring (bicyclic) bond motifs is 2. The van der Waals surface area contributed by atoms with E-state index in [0.717, 1.165) is 43.1 Å². The summed E-state index contributed by atoms with van der Waals surface area (Å²) >= 11 is 0. The first-order chi connectivity index (χ1) is 21.2. The van der Waals surface area contributed by atoms with E-state index in [9.17, 15) is 9.59 Å². The Morgan fingerprint density at radius 2 is 1.91 bits per heavy atom. The lowest BCUT2D eigenvalue weighted by atomic mass is 10.1. The summed E-state index contributed by atoms with van der Waals surface area (Å²) in [7, 11) is 2.04. The molecular formula is C32H42N10O2. The van der Waals surface area contributed by atoms with Crippen molar-refractivity contribution >= 4 is 51.5 Å². The minimum atomic E-state index is -0.279. The molecule has 1 aliphatic heterocycles. The largest absolute Gasteiger partial charge is 0.368 e. The van der Waals surface area contributed by atoms with Crippen molar-refractivity contribution in [2.75, 3.05) is 36.4 Å². The molecule has 232 valence electrons. The second-order valence-electron chi connectivity index (χ2n) is 11.6. The van der Waals surface area contributed by atoms with E-state index in [4.69, 9.17) is 4.98 Å². The van der Waals surface area contributed by atoms with Crippen molar-refractivity contribution in [3.8, 4) is 0 Å². The van der Waals surface area contributed by atoms with Crippen LogP contribution in [0.4, 0.5) is 17.3 Å². The molecule has 3 aromatic heterocycles. The number of hydrogen-bond donors (Lipinski definition) is 1. The number of hydrogen-bond acceptors (Lipinski definition) is 8. The maximum atomic E-state index is 13.5. The molecule has 4 aromatic rings. The lowest BCUT2D eigenvalue weighted by Crippen LogP contribution is -2.48. The smallest absolute Gasteiger partial charge is 0.278 e. The van der Waals surface area contributed by atoms with Gasteiger partial charge in [0.15, 0.2) is 11.5 Å². The average molecular weight is 599 g/mol. The molecule has 0 spiro atoms. The van der Waals surface area contributed by atoms with Crippen LogP contribution in [0.25, 0.3) is 21.9 Å². The number of nitrogens with one attached hydrogen (secondary N) is 1. The molecule has 0 saturated carbocycles. The van der Waals surface area contributed by atoms with E-state index < -0.39 is 0 Å². The number of benzene rings is 1. The summed E-state index contributed by atoms with van der Waals surface area (Å²) in [5.74, 6) is 0.696. The molecule has 44 heavy (non-hydrogen) atoms. The predicted molar refractivity (Wildman–Crippen MR) is 178 cm³/mol. The Balaban J connectivity index is 1.59. The van der Waals surface area contributed by atoms with Gasteiger partial charge in [0.25, 0.3) is 5.56 Å². The second-order valence-corrected chi connectivity index (χ2v) is 11.6. The predicted octanol–water partition coefficient (Wildman–Crippen LogP) is 4.15. The number of anilines is 3. The van der Waals surface area contributed by atoms with Gasteiger partial charge in [-0.05, 0) is 58.9 Å². The Labute approximate surface area is 257 Å². The summed E-state index contributed by atoms with van der Waals surface area (Å²) in [6.45, 7) is 18.0. The number of rotatable bonds is 10. The topological polar surface area (TPSA) is 109 Å². The molecule has 0 atom stereocenters. The van der Waals surface area contributed by atoms with Gasteiger partial charge in [0, 0.05) is 74.5 Å². The van der Waals surface area contributed by atoms with Crippen LogP contribution in [0.3, 0.4) is 0 Å². The number of carbonyl (C=O) groups excluding carboxylic acids is 1. The van der Waals surface area contributed by atoms with Gasteiger partial charge in [-0.15, -0.1) is 6.58 Å². The fourth-order valence-electron chi connectivity index (χ4n) is 5.58. The molecule has 1 aliphatic rings. The Morgan fingerprint density at radius 3 is 2.55 bits per heavy atom. The fraction of sp³-hybridized carbons (Fsp3) is 0.406. The number of piperazine rings is 1. The molecule has 0 aliphatic carbocycles. The van der Waals surface area contributed by atoms with Crippen LogP contribution >= 0.6 is 0 Å². The van der Waals surface area contributed by atoms with Gasteiger partial charge in [-0.3, -0.25) is 14.5 Å². The summed E-state index contributed by atoms with van der Waals surface area (Å²) in [6, 6.07) is 6.74. The third-order valence-electron chi connectivity index (χ3n) is 7.99. The van der Waals surface area contributed by atoms with Gasteiger partial charge in [0.2, 0.25) is 12.4 Å². The minimum Gasteiger partial charge on any atom is -0.368 e. The molecule has 1 N–H and O–H groups in total. The van der Waals surface area contributed by atoms with Crippen molar-refractivity contribution in [3.63, 3.8) is 0 Å². The third kappa shape index (κ3) is 5.89. The first-order valence-corrected chi connectivity index (χ1v) is 15.1. The van der Waals surface area contributed by atoms with Crippen LogP contribution in [0.1, 0.15) is 34.6 Å². The van der Waals surface area contributed by atoms with Gasteiger partial charge in [-0.1, -0.05) is 12.2 Å². The average Bonchev–Trinajstić information content (AvgIpc) is 3.51. The quantitative estimate of drug-likeness (QED) is 0.0961. The zero-order chi connectivity index (χ0) is 31.5. The highest BCUT2D eigenvalue weighted by molar-refractivity contribution is 6.00. The monoisotopic (exact) mass is 598 g/mol. The molecule has 0 bridgehead atoms. The van der Waals surface area contributed by atoms with Crippen LogP contribution in [-0.2, 0) is 18.4 Å². The van der Waals surface area contributed by atoms with Gasteiger partial charge in [0.1, 0.15) is 5.39 Å². The zero-order valence-corrected chi connectivity index (χ0v) is 26.4. The van der Waals surface area contributed by atoms with Crippen LogP contribution in [0, 0.1) is 0 Å². The summed E-state index contributed by atoms with van der Waals surface area (Å²) in [4.78, 5) is 39.5. The third-order valence-corrected chi connectivity index (χ3v) is 7.99. The highest BCUT2D eigenvalue weighted by Crippen LogP contribution is 2.33. The number of aromatic nitrogens is 5. The van der Waals surface area contributed by atoms with Crippen molar-refractivity contribution < 1.29 is 4.79 Å². The number of allylic oxidation sites excluding steroid dienone is 3.